The van der Waals surface area contributed by atoms with Gasteiger partial charge in [-0.25, -0.2) is 4.79 Å². The van der Waals surface area contributed by atoms with Crippen LogP contribution in [-0.4, -0.2) is 29.9 Å². The molecule has 1 aromatic carbocycles. The van der Waals surface area contributed by atoms with Crippen LogP contribution in [0.15, 0.2) is 18.2 Å². The molecule has 0 unspecified atom stereocenters. The number of benzene rings is 1. The number of amides is 2. The van der Waals surface area contributed by atoms with Gasteiger partial charge in [-0.2, -0.15) is 0 Å². The Hall–Kier alpha value is -1.79. The minimum atomic E-state index is -1.04. The lowest BCUT2D eigenvalue weighted by atomic mass is 10.2. The molecule has 8 heteroatoms. The highest BCUT2D eigenvalue weighted by Gasteiger charge is 2.31. The van der Waals surface area contributed by atoms with E-state index in [2.05, 4.69) is 10.6 Å². The van der Waals surface area contributed by atoms with E-state index in [1.165, 1.54) is 6.92 Å². The molecule has 1 saturated heterocycles. The molecule has 0 saturated carbocycles. The molecule has 1 aliphatic rings. The Kier molecular flexibility index (Phi) is 5.26. The number of nitrogens with one attached hydrogen (secondary N) is 2. The Labute approximate surface area is 137 Å². The Morgan fingerprint density at radius 3 is 2.55 bits per heavy atom. The zero-order chi connectivity index (χ0) is 16.3. The van der Waals surface area contributed by atoms with Crippen LogP contribution < -0.4 is 10.6 Å². The Morgan fingerprint density at radius 1 is 1.36 bits per heavy atom. The van der Waals surface area contributed by atoms with Gasteiger partial charge >= 0.3 is 5.97 Å². The molecule has 1 aromatic rings. The number of hydrogen-bond acceptors (Lipinski definition) is 4. The molecule has 2 amide bonds. The van der Waals surface area contributed by atoms with E-state index in [-0.39, 0.29) is 28.1 Å². The van der Waals surface area contributed by atoms with Gasteiger partial charge in [-0.3, -0.25) is 9.59 Å². The summed E-state index contributed by atoms with van der Waals surface area (Å²) < 4.78 is 5.04. The predicted octanol–water partition coefficient (Wildman–Crippen LogP) is 2.14. The minimum absolute atomic E-state index is 0.207. The molecule has 1 aliphatic heterocycles. The van der Waals surface area contributed by atoms with E-state index in [0.717, 1.165) is 0 Å². The van der Waals surface area contributed by atoms with Crippen LogP contribution in [0.1, 0.15) is 19.8 Å². The van der Waals surface area contributed by atoms with Crippen LogP contribution >= 0.6 is 23.2 Å². The zero-order valence-electron chi connectivity index (χ0n) is 11.7. The van der Waals surface area contributed by atoms with Crippen molar-refractivity contribution in [3.05, 3.63) is 28.2 Å². The first-order chi connectivity index (χ1) is 10.4. The first-order valence-corrected chi connectivity index (χ1v) is 7.39. The molecule has 0 bridgehead atoms. The number of halogens is 2. The molecule has 118 valence electrons. The minimum Gasteiger partial charge on any atom is -0.451 e. The lowest BCUT2D eigenvalue weighted by molar-refractivity contribution is -0.155. The summed E-state index contributed by atoms with van der Waals surface area (Å²) in [5.74, 6) is -1.41. The van der Waals surface area contributed by atoms with Crippen molar-refractivity contribution in [2.24, 2.45) is 0 Å². The van der Waals surface area contributed by atoms with Gasteiger partial charge in [0.25, 0.3) is 5.91 Å². The molecule has 1 fully saturated rings. The Bertz CT molecular complexity index is 601. The number of carbonyl (C=O) groups is 3. The van der Waals surface area contributed by atoms with Gasteiger partial charge in [0.2, 0.25) is 5.91 Å². The van der Waals surface area contributed by atoms with Crippen molar-refractivity contribution in [1.82, 2.24) is 5.32 Å². The molecular weight excluding hydrogens is 331 g/mol. The van der Waals surface area contributed by atoms with Gasteiger partial charge < -0.3 is 15.4 Å². The standard InChI is InChI=1S/C14H14Cl2N2O4/c1-7(22-14(21)10-5-6-11(19)17-10)13(20)18-12-8(15)3-2-4-9(12)16/h2-4,7,10H,5-6H2,1H3,(H,17,19)(H,18,20)/t7-,10+/m1/s1. The van der Waals surface area contributed by atoms with Crippen LogP contribution in [-0.2, 0) is 19.1 Å². The van der Waals surface area contributed by atoms with E-state index in [1.54, 1.807) is 18.2 Å². The van der Waals surface area contributed by atoms with Gasteiger partial charge in [0, 0.05) is 6.42 Å². The van der Waals surface area contributed by atoms with Crippen LogP contribution in [0, 0.1) is 0 Å². The van der Waals surface area contributed by atoms with Crippen LogP contribution in [0.2, 0.25) is 10.0 Å². The quantitative estimate of drug-likeness (QED) is 0.819. The van der Waals surface area contributed by atoms with Gasteiger partial charge in [-0.05, 0) is 25.5 Å². The highest BCUT2D eigenvalue weighted by atomic mass is 35.5. The lowest BCUT2D eigenvalue weighted by Crippen LogP contribution is -2.39. The van der Waals surface area contributed by atoms with E-state index < -0.39 is 24.0 Å². The molecule has 2 N–H and O–H groups in total. The first-order valence-electron chi connectivity index (χ1n) is 6.63. The molecule has 0 spiro atoms. The Morgan fingerprint density at radius 2 is 2.00 bits per heavy atom. The average Bonchev–Trinajstić information content (AvgIpc) is 2.89. The summed E-state index contributed by atoms with van der Waals surface area (Å²) in [6.45, 7) is 1.43. The molecule has 2 atom stereocenters. The normalized spacial score (nSPS) is 18.5. The van der Waals surface area contributed by atoms with Gasteiger partial charge in [0.15, 0.2) is 6.10 Å². The fourth-order valence-corrected chi connectivity index (χ4v) is 2.43. The van der Waals surface area contributed by atoms with E-state index in [9.17, 15) is 14.4 Å². The van der Waals surface area contributed by atoms with Crippen molar-refractivity contribution in [2.75, 3.05) is 5.32 Å². The number of ether oxygens (including phenoxy) is 1. The molecule has 1 heterocycles. The van der Waals surface area contributed by atoms with Crippen molar-refractivity contribution < 1.29 is 19.1 Å². The van der Waals surface area contributed by atoms with Crippen molar-refractivity contribution in [1.29, 1.82) is 0 Å². The second kappa shape index (κ2) is 6.98. The molecule has 0 radical (unpaired) electrons. The van der Waals surface area contributed by atoms with E-state index in [4.69, 9.17) is 27.9 Å². The fraction of sp³-hybridized carbons (Fsp3) is 0.357. The van der Waals surface area contributed by atoms with Crippen LogP contribution in [0.4, 0.5) is 5.69 Å². The van der Waals surface area contributed by atoms with Crippen molar-refractivity contribution in [2.45, 2.75) is 31.9 Å². The summed E-state index contributed by atoms with van der Waals surface area (Å²) in [4.78, 5) is 34.9. The lowest BCUT2D eigenvalue weighted by Gasteiger charge is -2.17. The number of rotatable bonds is 4. The molecule has 6 nitrogen and oxygen atoms in total. The van der Waals surface area contributed by atoms with E-state index >= 15 is 0 Å². The van der Waals surface area contributed by atoms with Crippen LogP contribution in [0.5, 0.6) is 0 Å². The predicted molar refractivity (Wildman–Crippen MR) is 81.8 cm³/mol. The summed E-state index contributed by atoms with van der Waals surface area (Å²) >= 11 is 11.9. The monoisotopic (exact) mass is 344 g/mol. The number of hydrogen-bond donors (Lipinski definition) is 2. The fourth-order valence-electron chi connectivity index (χ4n) is 1.94. The first kappa shape index (κ1) is 16.6. The summed E-state index contributed by atoms with van der Waals surface area (Å²) in [6, 6.07) is 4.10. The smallest absolute Gasteiger partial charge is 0.329 e. The van der Waals surface area contributed by atoms with Crippen molar-refractivity contribution >= 4 is 46.7 Å². The van der Waals surface area contributed by atoms with Gasteiger partial charge in [-0.15, -0.1) is 0 Å². The van der Waals surface area contributed by atoms with E-state index in [0.29, 0.717) is 6.42 Å². The maximum atomic E-state index is 12.0. The second-order valence-corrected chi connectivity index (χ2v) is 5.64. The number of esters is 1. The van der Waals surface area contributed by atoms with Gasteiger partial charge in [0.05, 0.1) is 15.7 Å². The largest absolute Gasteiger partial charge is 0.451 e. The summed E-state index contributed by atoms with van der Waals surface area (Å²) in [7, 11) is 0. The van der Waals surface area contributed by atoms with Crippen molar-refractivity contribution in [3.8, 4) is 0 Å². The highest BCUT2D eigenvalue weighted by molar-refractivity contribution is 6.39. The topological polar surface area (TPSA) is 84.5 Å². The van der Waals surface area contributed by atoms with Crippen LogP contribution in [0.3, 0.4) is 0 Å². The SMILES string of the molecule is C[C@@H](OC(=O)[C@@H]1CCC(=O)N1)C(=O)Nc1c(Cl)cccc1Cl. The summed E-state index contributed by atoms with van der Waals surface area (Å²) in [5.41, 5.74) is 0.257. The molecular formula is C14H14Cl2N2O4. The summed E-state index contributed by atoms with van der Waals surface area (Å²) in [6.07, 6.45) is -0.407. The zero-order valence-corrected chi connectivity index (χ0v) is 13.2. The number of anilines is 1. The molecule has 2 rings (SSSR count). The highest BCUT2D eigenvalue weighted by Crippen LogP contribution is 2.29. The molecule has 22 heavy (non-hydrogen) atoms. The number of para-hydroxylation sites is 1. The maximum absolute atomic E-state index is 12.0. The third-order valence-electron chi connectivity index (χ3n) is 3.15. The van der Waals surface area contributed by atoms with Gasteiger partial charge in [-0.1, -0.05) is 29.3 Å². The second-order valence-electron chi connectivity index (χ2n) is 4.82. The maximum Gasteiger partial charge on any atom is 0.329 e. The molecule has 0 aliphatic carbocycles. The third kappa shape index (κ3) is 3.90. The average molecular weight is 345 g/mol. The third-order valence-corrected chi connectivity index (χ3v) is 3.78. The molecule has 0 aromatic heterocycles. The Balaban J connectivity index is 1.95. The summed E-state index contributed by atoms with van der Waals surface area (Å²) in [5, 5.41) is 5.55. The van der Waals surface area contributed by atoms with Crippen molar-refractivity contribution in [3.63, 3.8) is 0 Å². The van der Waals surface area contributed by atoms with Crippen LogP contribution in [0.25, 0.3) is 0 Å². The number of carbonyl (C=O) groups excluding carboxylic acids is 3. The van der Waals surface area contributed by atoms with E-state index in [1.807, 2.05) is 0 Å². The van der Waals surface area contributed by atoms with Gasteiger partial charge in [0.1, 0.15) is 6.04 Å².